The fraction of sp³-hybridized carbons (Fsp3) is 0.750. The molecule has 0 N–H and O–H groups in total. The lowest BCUT2D eigenvalue weighted by molar-refractivity contribution is -0.142. The maximum Gasteiger partial charge on any atom is 0.306 e. The molecule has 0 bridgehead atoms. The van der Waals surface area contributed by atoms with Crippen LogP contribution in [-0.4, -0.2) is 12.6 Å². The van der Waals surface area contributed by atoms with Gasteiger partial charge < -0.3 is 4.74 Å². The predicted molar refractivity (Wildman–Crippen MR) is 91.6 cm³/mol. The number of allylic oxidation sites excluding steroid dienone is 3. The summed E-state index contributed by atoms with van der Waals surface area (Å²) in [7, 11) is 0. The molecule has 2 aliphatic rings. The number of hydrogen-bond acceptors (Lipinski definition) is 2. The number of unbranched alkanes of at least 4 members (excludes halogenated alkanes) is 1. The fourth-order valence-corrected chi connectivity index (χ4v) is 4.12. The van der Waals surface area contributed by atoms with Gasteiger partial charge in [-0.3, -0.25) is 4.79 Å². The van der Waals surface area contributed by atoms with E-state index in [9.17, 15) is 4.79 Å². The summed E-state index contributed by atoms with van der Waals surface area (Å²) >= 11 is 0. The Kier molecular flexibility index (Phi) is 6.28. The average molecular weight is 304 g/mol. The molecular formula is C20H32O2. The van der Waals surface area contributed by atoms with Crippen LogP contribution in [0.5, 0.6) is 0 Å². The summed E-state index contributed by atoms with van der Waals surface area (Å²) in [6.07, 6.45) is 10.1. The van der Waals surface area contributed by atoms with Crippen LogP contribution in [0.2, 0.25) is 0 Å². The second-order valence-corrected chi connectivity index (χ2v) is 7.32. The lowest BCUT2D eigenvalue weighted by Gasteiger charge is -2.34. The molecule has 0 radical (unpaired) electrons. The van der Waals surface area contributed by atoms with Crippen LogP contribution in [-0.2, 0) is 9.53 Å². The van der Waals surface area contributed by atoms with Crippen molar-refractivity contribution in [2.24, 2.45) is 17.8 Å². The van der Waals surface area contributed by atoms with Crippen molar-refractivity contribution < 1.29 is 9.53 Å². The SMILES string of the molecule is CCCCC(=O)OC/C(C)=C/[C@@H]1CCC(C)C2CCC(C)=C21. The molecule has 2 heteroatoms. The Hall–Kier alpha value is -1.05. The van der Waals surface area contributed by atoms with E-state index in [0.29, 0.717) is 18.9 Å². The molecule has 22 heavy (non-hydrogen) atoms. The molecule has 2 nitrogen and oxygen atoms in total. The molecule has 2 unspecified atom stereocenters. The zero-order valence-electron chi connectivity index (χ0n) is 14.8. The van der Waals surface area contributed by atoms with E-state index in [-0.39, 0.29) is 5.97 Å². The van der Waals surface area contributed by atoms with E-state index in [1.807, 2.05) is 0 Å². The fourth-order valence-electron chi connectivity index (χ4n) is 4.12. The van der Waals surface area contributed by atoms with Crippen LogP contribution in [0.25, 0.3) is 0 Å². The maximum absolute atomic E-state index is 11.6. The lowest BCUT2D eigenvalue weighted by atomic mass is 9.71. The molecule has 0 spiro atoms. The van der Waals surface area contributed by atoms with Gasteiger partial charge in [0.2, 0.25) is 0 Å². The van der Waals surface area contributed by atoms with Gasteiger partial charge in [-0.25, -0.2) is 0 Å². The molecule has 1 saturated carbocycles. The van der Waals surface area contributed by atoms with E-state index in [1.165, 1.54) is 31.3 Å². The van der Waals surface area contributed by atoms with Crippen molar-refractivity contribution in [1.29, 1.82) is 0 Å². The summed E-state index contributed by atoms with van der Waals surface area (Å²) < 4.78 is 5.38. The van der Waals surface area contributed by atoms with Crippen LogP contribution >= 0.6 is 0 Å². The lowest BCUT2D eigenvalue weighted by Crippen LogP contribution is -2.23. The van der Waals surface area contributed by atoms with Crippen LogP contribution in [0.1, 0.15) is 72.6 Å². The number of carbonyl (C=O) groups is 1. The molecule has 0 aromatic carbocycles. The Morgan fingerprint density at radius 3 is 2.82 bits per heavy atom. The maximum atomic E-state index is 11.6. The van der Waals surface area contributed by atoms with E-state index in [4.69, 9.17) is 4.74 Å². The van der Waals surface area contributed by atoms with Gasteiger partial charge in [0.05, 0.1) is 0 Å². The molecule has 2 rings (SSSR count). The van der Waals surface area contributed by atoms with Crippen molar-refractivity contribution in [3.05, 3.63) is 22.8 Å². The molecule has 0 amide bonds. The number of carbonyl (C=O) groups excluding carboxylic acids is 1. The Labute approximate surface area is 136 Å². The van der Waals surface area contributed by atoms with Gasteiger partial charge in [0.15, 0.2) is 0 Å². The first-order valence-corrected chi connectivity index (χ1v) is 9.05. The summed E-state index contributed by atoms with van der Waals surface area (Å²) in [5.41, 5.74) is 4.52. The topological polar surface area (TPSA) is 26.3 Å². The molecule has 0 saturated heterocycles. The number of esters is 1. The zero-order chi connectivity index (χ0) is 16.1. The molecule has 0 aromatic rings. The number of hydrogen-bond donors (Lipinski definition) is 0. The highest BCUT2D eigenvalue weighted by Crippen LogP contribution is 2.48. The Morgan fingerprint density at radius 2 is 2.09 bits per heavy atom. The Bertz CT molecular complexity index is 458. The highest BCUT2D eigenvalue weighted by atomic mass is 16.5. The summed E-state index contributed by atoms with van der Waals surface area (Å²) in [5, 5.41) is 0. The number of fused-ring (bicyclic) bond motifs is 1. The van der Waals surface area contributed by atoms with Crippen LogP contribution in [0.15, 0.2) is 22.8 Å². The molecule has 3 atom stereocenters. The van der Waals surface area contributed by atoms with Gasteiger partial charge in [0.1, 0.15) is 6.61 Å². The van der Waals surface area contributed by atoms with Crippen molar-refractivity contribution >= 4 is 5.97 Å². The second kappa shape index (κ2) is 7.99. The Balaban J connectivity index is 1.93. The molecule has 0 heterocycles. The minimum Gasteiger partial charge on any atom is -0.461 e. The smallest absolute Gasteiger partial charge is 0.306 e. The quantitative estimate of drug-likeness (QED) is 0.482. The van der Waals surface area contributed by atoms with Crippen LogP contribution in [0.3, 0.4) is 0 Å². The van der Waals surface area contributed by atoms with Crippen LogP contribution in [0, 0.1) is 17.8 Å². The van der Waals surface area contributed by atoms with Crippen molar-refractivity contribution in [3.8, 4) is 0 Å². The molecule has 0 aromatic heterocycles. The van der Waals surface area contributed by atoms with E-state index in [2.05, 4.69) is 33.8 Å². The average Bonchev–Trinajstić information content (AvgIpc) is 2.89. The summed E-state index contributed by atoms with van der Waals surface area (Å²) in [4.78, 5) is 11.6. The van der Waals surface area contributed by atoms with Gasteiger partial charge in [-0.2, -0.15) is 0 Å². The predicted octanol–water partition coefficient (Wildman–Crippen LogP) is 5.44. The highest BCUT2D eigenvalue weighted by Gasteiger charge is 2.35. The van der Waals surface area contributed by atoms with E-state index in [0.717, 1.165) is 24.7 Å². The Morgan fingerprint density at radius 1 is 1.32 bits per heavy atom. The summed E-state index contributed by atoms with van der Waals surface area (Å²) in [6, 6.07) is 0. The molecule has 124 valence electrons. The van der Waals surface area contributed by atoms with Crippen molar-refractivity contribution in [2.45, 2.75) is 72.6 Å². The third kappa shape index (κ3) is 4.24. The highest BCUT2D eigenvalue weighted by molar-refractivity contribution is 5.69. The molecule has 2 aliphatic carbocycles. The first kappa shape index (κ1) is 17.3. The van der Waals surface area contributed by atoms with Gasteiger partial charge in [-0.15, -0.1) is 0 Å². The van der Waals surface area contributed by atoms with Crippen LogP contribution < -0.4 is 0 Å². The van der Waals surface area contributed by atoms with Crippen molar-refractivity contribution in [3.63, 3.8) is 0 Å². The first-order chi connectivity index (χ1) is 10.5. The number of ether oxygens (including phenoxy) is 1. The van der Waals surface area contributed by atoms with Gasteiger partial charge in [0, 0.05) is 6.42 Å². The molecule has 1 fully saturated rings. The molecular weight excluding hydrogens is 272 g/mol. The standard InChI is InChI=1S/C20H32O2/c1-5-6-7-19(21)22-13-14(2)12-17-10-8-15(3)18-11-9-16(4)20(17)18/h12,15,17-18H,5-11,13H2,1-4H3/b14-12+/t15?,17-,18?/m0/s1. The van der Waals surface area contributed by atoms with Gasteiger partial charge >= 0.3 is 5.97 Å². The van der Waals surface area contributed by atoms with Gasteiger partial charge in [-0.05, 0) is 69.3 Å². The number of rotatable bonds is 6. The third-order valence-electron chi connectivity index (χ3n) is 5.42. The largest absolute Gasteiger partial charge is 0.461 e. The minimum atomic E-state index is -0.0546. The van der Waals surface area contributed by atoms with E-state index < -0.39 is 0 Å². The van der Waals surface area contributed by atoms with Crippen molar-refractivity contribution in [1.82, 2.24) is 0 Å². The second-order valence-electron chi connectivity index (χ2n) is 7.32. The van der Waals surface area contributed by atoms with E-state index >= 15 is 0 Å². The van der Waals surface area contributed by atoms with Crippen molar-refractivity contribution in [2.75, 3.05) is 6.61 Å². The third-order valence-corrected chi connectivity index (χ3v) is 5.42. The van der Waals surface area contributed by atoms with Gasteiger partial charge in [-0.1, -0.05) is 37.5 Å². The minimum absolute atomic E-state index is 0.0546. The van der Waals surface area contributed by atoms with Gasteiger partial charge in [0.25, 0.3) is 0 Å². The van der Waals surface area contributed by atoms with Crippen LogP contribution in [0.4, 0.5) is 0 Å². The first-order valence-electron chi connectivity index (χ1n) is 9.05. The normalized spacial score (nSPS) is 28.7. The zero-order valence-corrected chi connectivity index (χ0v) is 14.8. The molecule has 0 aliphatic heterocycles. The summed E-state index contributed by atoms with van der Waals surface area (Å²) in [6.45, 7) is 9.38. The monoisotopic (exact) mass is 304 g/mol. The van der Waals surface area contributed by atoms with E-state index in [1.54, 1.807) is 11.1 Å². The summed E-state index contributed by atoms with van der Waals surface area (Å²) in [5.74, 6) is 2.17.